The Bertz CT molecular complexity index is 920. The largest absolute Gasteiger partial charge is 0.490 e. The lowest BCUT2D eigenvalue weighted by Crippen LogP contribution is -2.23. The van der Waals surface area contributed by atoms with Gasteiger partial charge in [0.15, 0.2) is 11.5 Å². The van der Waals surface area contributed by atoms with E-state index in [2.05, 4.69) is 28.2 Å². The minimum Gasteiger partial charge on any atom is -0.490 e. The molecule has 6 heteroatoms. The topological polar surface area (TPSA) is 71.3 Å². The lowest BCUT2D eigenvalue weighted by Gasteiger charge is -2.15. The molecule has 0 fully saturated rings. The molecule has 2 aromatic rings. The Labute approximate surface area is 193 Å². The first kappa shape index (κ1) is 24.5. The van der Waals surface area contributed by atoms with E-state index in [0.717, 1.165) is 22.9 Å². The SMILES string of the molecule is CCCCCCOc1c(Br)cc(/C=C(\C#N)C(=O)NCc2ccccc2)cc1OCC. The first-order chi connectivity index (χ1) is 15.1. The number of hydrogen-bond acceptors (Lipinski definition) is 4. The molecule has 1 amide bonds. The number of carbonyl (C=O) groups is 1. The molecule has 0 aliphatic rings. The lowest BCUT2D eigenvalue weighted by molar-refractivity contribution is -0.117. The fourth-order valence-electron chi connectivity index (χ4n) is 2.97. The van der Waals surface area contributed by atoms with Gasteiger partial charge in [-0.15, -0.1) is 0 Å². The summed E-state index contributed by atoms with van der Waals surface area (Å²) in [4.78, 5) is 12.5. The zero-order chi connectivity index (χ0) is 22.5. The number of hydrogen-bond donors (Lipinski definition) is 1. The highest BCUT2D eigenvalue weighted by Crippen LogP contribution is 2.37. The van der Waals surface area contributed by atoms with Gasteiger partial charge in [-0.3, -0.25) is 4.79 Å². The van der Waals surface area contributed by atoms with E-state index in [1.54, 1.807) is 12.1 Å². The zero-order valence-electron chi connectivity index (χ0n) is 18.1. The third kappa shape index (κ3) is 8.10. The number of carbonyl (C=O) groups excluding carboxylic acids is 1. The molecule has 0 heterocycles. The van der Waals surface area contributed by atoms with Crippen LogP contribution in [0.1, 0.15) is 50.7 Å². The Balaban J connectivity index is 2.14. The number of unbranched alkanes of at least 4 members (excludes halogenated alkanes) is 3. The highest BCUT2D eigenvalue weighted by atomic mass is 79.9. The van der Waals surface area contributed by atoms with E-state index < -0.39 is 5.91 Å². The Morgan fingerprint density at radius 2 is 1.90 bits per heavy atom. The number of ether oxygens (including phenoxy) is 2. The number of nitriles is 1. The molecule has 164 valence electrons. The van der Waals surface area contributed by atoms with Crippen molar-refractivity contribution in [2.24, 2.45) is 0 Å². The van der Waals surface area contributed by atoms with Crippen molar-refractivity contribution in [1.29, 1.82) is 5.26 Å². The molecule has 0 aliphatic carbocycles. The molecule has 2 aromatic carbocycles. The number of halogens is 1. The van der Waals surface area contributed by atoms with E-state index in [0.29, 0.717) is 36.8 Å². The van der Waals surface area contributed by atoms with Gasteiger partial charge >= 0.3 is 0 Å². The molecule has 0 saturated heterocycles. The maximum absolute atomic E-state index is 12.5. The maximum Gasteiger partial charge on any atom is 0.262 e. The van der Waals surface area contributed by atoms with Gasteiger partial charge in [-0.1, -0.05) is 56.5 Å². The number of nitrogens with one attached hydrogen (secondary N) is 1. The van der Waals surface area contributed by atoms with Gasteiger partial charge in [0.1, 0.15) is 11.6 Å². The minimum atomic E-state index is -0.420. The molecule has 5 nitrogen and oxygen atoms in total. The van der Waals surface area contributed by atoms with Crippen LogP contribution in [0.5, 0.6) is 11.5 Å². The molecule has 0 bridgehead atoms. The average molecular weight is 485 g/mol. The molecular weight excluding hydrogens is 456 g/mol. The predicted molar refractivity (Wildman–Crippen MR) is 127 cm³/mol. The molecule has 0 saturated carbocycles. The van der Waals surface area contributed by atoms with E-state index >= 15 is 0 Å². The summed E-state index contributed by atoms with van der Waals surface area (Å²) in [6.07, 6.45) is 6.03. The first-order valence-corrected chi connectivity index (χ1v) is 11.4. The summed E-state index contributed by atoms with van der Waals surface area (Å²) in [5, 5.41) is 12.3. The van der Waals surface area contributed by atoms with Gasteiger partial charge in [0.2, 0.25) is 0 Å². The predicted octanol–water partition coefficient (Wildman–Crippen LogP) is 6.03. The summed E-state index contributed by atoms with van der Waals surface area (Å²) >= 11 is 3.54. The normalized spacial score (nSPS) is 11.0. The Kier molecular flexibility index (Phi) is 10.7. The van der Waals surface area contributed by atoms with Gasteiger partial charge in [-0.05, 0) is 58.6 Å². The fraction of sp³-hybridized carbons (Fsp3) is 0.360. The number of nitrogens with zero attached hydrogens (tertiary/aromatic N) is 1. The smallest absolute Gasteiger partial charge is 0.262 e. The summed E-state index contributed by atoms with van der Waals surface area (Å²) in [6, 6.07) is 15.2. The van der Waals surface area contributed by atoms with Crippen molar-refractivity contribution in [1.82, 2.24) is 5.32 Å². The summed E-state index contributed by atoms with van der Waals surface area (Å²) in [7, 11) is 0. The van der Waals surface area contributed by atoms with Crippen molar-refractivity contribution in [2.45, 2.75) is 46.1 Å². The second-order valence-corrected chi connectivity index (χ2v) is 7.86. The van der Waals surface area contributed by atoms with Crippen LogP contribution in [0.3, 0.4) is 0 Å². The Morgan fingerprint density at radius 3 is 2.58 bits per heavy atom. The summed E-state index contributed by atoms with van der Waals surface area (Å²) < 4.78 is 12.4. The van der Waals surface area contributed by atoms with E-state index in [9.17, 15) is 10.1 Å². The molecule has 2 rings (SSSR count). The molecule has 1 N–H and O–H groups in total. The molecule has 0 radical (unpaired) electrons. The average Bonchev–Trinajstić information content (AvgIpc) is 2.78. The summed E-state index contributed by atoms with van der Waals surface area (Å²) in [5.74, 6) is 0.805. The van der Waals surface area contributed by atoms with Crippen LogP contribution in [0.15, 0.2) is 52.5 Å². The van der Waals surface area contributed by atoms with Crippen LogP contribution in [-0.2, 0) is 11.3 Å². The van der Waals surface area contributed by atoms with Gasteiger partial charge < -0.3 is 14.8 Å². The van der Waals surface area contributed by atoms with E-state index in [1.807, 2.05) is 49.4 Å². The molecule has 0 atom stereocenters. The van der Waals surface area contributed by atoms with Crippen LogP contribution in [0.2, 0.25) is 0 Å². The van der Waals surface area contributed by atoms with Crippen LogP contribution in [-0.4, -0.2) is 19.1 Å². The van der Waals surface area contributed by atoms with Crippen LogP contribution < -0.4 is 14.8 Å². The van der Waals surface area contributed by atoms with Crippen LogP contribution in [0, 0.1) is 11.3 Å². The highest BCUT2D eigenvalue weighted by Gasteiger charge is 2.14. The van der Waals surface area contributed by atoms with Gasteiger partial charge in [-0.2, -0.15) is 5.26 Å². The molecule has 31 heavy (non-hydrogen) atoms. The van der Waals surface area contributed by atoms with E-state index in [4.69, 9.17) is 9.47 Å². The quantitative estimate of drug-likeness (QED) is 0.226. The van der Waals surface area contributed by atoms with Crippen molar-refractivity contribution in [2.75, 3.05) is 13.2 Å². The molecule has 0 aliphatic heterocycles. The Hall–Kier alpha value is -2.78. The number of rotatable bonds is 12. The molecule has 0 aromatic heterocycles. The lowest BCUT2D eigenvalue weighted by atomic mass is 10.1. The van der Waals surface area contributed by atoms with Gasteiger partial charge in [0.05, 0.1) is 17.7 Å². The summed E-state index contributed by atoms with van der Waals surface area (Å²) in [6.45, 7) is 5.53. The monoisotopic (exact) mass is 484 g/mol. The van der Waals surface area contributed by atoms with Crippen LogP contribution in [0.25, 0.3) is 6.08 Å². The maximum atomic E-state index is 12.5. The van der Waals surface area contributed by atoms with Crippen molar-refractivity contribution >= 4 is 27.9 Å². The standard InChI is InChI=1S/C25H29BrN2O3/c1-3-5-6-10-13-31-24-22(26)15-20(16-23(24)30-4-2)14-21(17-27)25(29)28-18-19-11-8-7-9-12-19/h7-9,11-12,14-16H,3-6,10,13,18H2,1-2H3,(H,28,29)/b21-14+. The van der Waals surface area contributed by atoms with Crippen molar-refractivity contribution in [3.63, 3.8) is 0 Å². The summed E-state index contributed by atoms with van der Waals surface area (Å²) in [5.41, 5.74) is 1.67. The van der Waals surface area contributed by atoms with E-state index in [1.165, 1.54) is 12.8 Å². The van der Waals surface area contributed by atoms with Gasteiger partial charge in [0.25, 0.3) is 5.91 Å². The second kappa shape index (κ2) is 13.5. The van der Waals surface area contributed by atoms with Crippen LogP contribution in [0.4, 0.5) is 0 Å². The second-order valence-electron chi connectivity index (χ2n) is 7.01. The highest BCUT2D eigenvalue weighted by molar-refractivity contribution is 9.10. The third-order valence-corrected chi connectivity index (χ3v) is 5.14. The number of benzene rings is 2. The molecule has 0 unspecified atom stereocenters. The van der Waals surface area contributed by atoms with Crippen molar-refractivity contribution in [3.8, 4) is 17.6 Å². The van der Waals surface area contributed by atoms with Gasteiger partial charge in [0, 0.05) is 6.54 Å². The minimum absolute atomic E-state index is 0.0264. The fourth-order valence-corrected chi connectivity index (χ4v) is 3.54. The molecule has 0 spiro atoms. The van der Waals surface area contributed by atoms with E-state index in [-0.39, 0.29) is 5.57 Å². The number of amides is 1. The van der Waals surface area contributed by atoms with Gasteiger partial charge in [-0.25, -0.2) is 0 Å². The van der Waals surface area contributed by atoms with Crippen molar-refractivity contribution in [3.05, 3.63) is 63.6 Å². The first-order valence-electron chi connectivity index (χ1n) is 10.6. The van der Waals surface area contributed by atoms with Crippen molar-refractivity contribution < 1.29 is 14.3 Å². The Morgan fingerprint density at radius 1 is 1.13 bits per heavy atom. The molecular formula is C25H29BrN2O3. The third-order valence-electron chi connectivity index (χ3n) is 4.55. The zero-order valence-corrected chi connectivity index (χ0v) is 19.7. The van der Waals surface area contributed by atoms with Crippen LogP contribution >= 0.6 is 15.9 Å².